The van der Waals surface area contributed by atoms with Crippen LogP contribution in [0.25, 0.3) is 0 Å². The van der Waals surface area contributed by atoms with Crippen molar-refractivity contribution in [1.82, 2.24) is 0 Å². The first kappa shape index (κ1) is 14.2. The van der Waals surface area contributed by atoms with Gasteiger partial charge in [-0.25, -0.2) is 0 Å². The van der Waals surface area contributed by atoms with Crippen LogP contribution < -0.4 is 0 Å². The van der Waals surface area contributed by atoms with Crippen molar-refractivity contribution < 1.29 is 14.3 Å². The lowest BCUT2D eigenvalue weighted by atomic mass is 10.1. The summed E-state index contributed by atoms with van der Waals surface area (Å²) < 4.78 is 11.4. The molecule has 0 aromatic heterocycles. The summed E-state index contributed by atoms with van der Waals surface area (Å²) in [6.07, 6.45) is 0.415. The predicted molar refractivity (Wildman–Crippen MR) is 67.8 cm³/mol. The molecule has 0 radical (unpaired) electrons. The maximum absolute atomic E-state index is 9.67. The van der Waals surface area contributed by atoms with Crippen molar-refractivity contribution in [2.24, 2.45) is 5.92 Å². The van der Waals surface area contributed by atoms with Gasteiger partial charge in [-0.15, -0.1) is 0 Å². The molecule has 1 unspecified atom stereocenters. The third-order valence-electron chi connectivity index (χ3n) is 3.87. The van der Waals surface area contributed by atoms with Gasteiger partial charge in [0.05, 0.1) is 6.10 Å². The van der Waals surface area contributed by atoms with E-state index in [1.165, 1.54) is 0 Å². The van der Waals surface area contributed by atoms with Crippen molar-refractivity contribution in [3.8, 4) is 0 Å². The van der Waals surface area contributed by atoms with Gasteiger partial charge in [0.1, 0.15) is 0 Å². The van der Waals surface area contributed by atoms with Gasteiger partial charge in [0.15, 0.2) is 14.6 Å². The molecular formula is C12H26O3Si. The fourth-order valence-corrected chi connectivity index (χ4v) is 2.69. The van der Waals surface area contributed by atoms with E-state index < -0.39 is 14.6 Å². The minimum atomic E-state index is -1.69. The zero-order valence-electron chi connectivity index (χ0n) is 11.4. The Morgan fingerprint density at radius 3 is 2.31 bits per heavy atom. The molecule has 1 fully saturated rings. The molecule has 1 rings (SSSR count). The molecule has 3 nitrogen and oxygen atoms in total. The average Bonchev–Trinajstić information content (AvgIpc) is 2.39. The van der Waals surface area contributed by atoms with Gasteiger partial charge in [0.2, 0.25) is 0 Å². The van der Waals surface area contributed by atoms with Crippen molar-refractivity contribution in [2.45, 2.75) is 64.6 Å². The van der Waals surface area contributed by atoms with Crippen LogP contribution in [0.3, 0.4) is 0 Å². The van der Waals surface area contributed by atoms with Gasteiger partial charge >= 0.3 is 0 Å². The molecule has 0 saturated carbocycles. The largest absolute Gasteiger partial charge is 0.416 e. The molecule has 1 N–H and O–H groups in total. The van der Waals surface area contributed by atoms with Crippen molar-refractivity contribution in [2.75, 3.05) is 6.61 Å². The number of hydrogen-bond acceptors (Lipinski definition) is 3. The Morgan fingerprint density at radius 2 is 1.94 bits per heavy atom. The summed E-state index contributed by atoms with van der Waals surface area (Å²) in [5.74, 6) is 0.143. The van der Waals surface area contributed by atoms with E-state index in [4.69, 9.17) is 9.16 Å². The van der Waals surface area contributed by atoms with Crippen LogP contribution in [0.4, 0.5) is 0 Å². The van der Waals surface area contributed by atoms with E-state index in [1.54, 1.807) is 0 Å². The zero-order valence-corrected chi connectivity index (χ0v) is 12.4. The van der Waals surface area contributed by atoms with E-state index in [1.807, 2.05) is 6.92 Å². The van der Waals surface area contributed by atoms with E-state index in [-0.39, 0.29) is 17.1 Å². The summed E-state index contributed by atoms with van der Waals surface area (Å²) in [6, 6.07) is 0. The van der Waals surface area contributed by atoms with Crippen LogP contribution in [-0.2, 0) is 9.16 Å². The molecule has 4 heteroatoms. The zero-order chi connectivity index (χ0) is 12.6. The molecule has 3 atom stereocenters. The second-order valence-electron chi connectivity index (χ2n) is 6.40. The van der Waals surface area contributed by atoms with E-state index >= 15 is 0 Å². The lowest BCUT2D eigenvalue weighted by molar-refractivity contribution is -0.109. The lowest BCUT2D eigenvalue weighted by Crippen LogP contribution is -2.42. The first-order chi connectivity index (χ1) is 7.13. The van der Waals surface area contributed by atoms with Crippen LogP contribution in [-0.4, -0.2) is 32.4 Å². The van der Waals surface area contributed by atoms with Gasteiger partial charge in [0.25, 0.3) is 0 Å². The van der Waals surface area contributed by atoms with E-state index in [9.17, 15) is 5.11 Å². The van der Waals surface area contributed by atoms with Crippen LogP contribution in [0.15, 0.2) is 0 Å². The highest BCUT2D eigenvalue weighted by Crippen LogP contribution is 2.37. The molecule has 0 aromatic carbocycles. The van der Waals surface area contributed by atoms with Crippen LogP contribution in [0.2, 0.25) is 18.1 Å². The van der Waals surface area contributed by atoms with Crippen LogP contribution in [0, 0.1) is 5.92 Å². The number of aliphatic hydroxyl groups excluding tert-OH is 1. The smallest absolute Gasteiger partial charge is 0.191 e. The Bertz CT molecular complexity index is 235. The van der Waals surface area contributed by atoms with Gasteiger partial charge in [-0.1, -0.05) is 20.8 Å². The molecule has 96 valence electrons. The molecule has 0 amide bonds. The number of rotatable bonds is 3. The molecule has 1 heterocycles. The van der Waals surface area contributed by atoms with Gasteiger partial charge in [0, 0.05) is 12.5 Å². The van der Waals surface area contributed by atoms with Crippen LogP contribution >= 0.6 is 0 Å². The normalized spacial score (nSPS) is 32.1. The third kappa shape index (κ3) is 3.29. The highest BCUT2D eigenvalue weighted by Gasteiger charge is 2.39. The summed E-state index contributed by atoms with van der Waals surface area (Å²) in [5, 5.41) is 9.90. The second kappa shape index (κ2) is 4.76. The van der Waals surface area contributed by atoms with Gasteiger partial charge in [-0.05, 0) is 31.5 Å². The molecular weight excluding hydrogens is 220 g/mol. The van der Waals surface area contributed by atoms with Crippen molar-refractivity contribution >= 4 is 8.32 Å². The maximum atomic E-state index is 9.67. The summed E-state index contributed by atoms with van der Waals surface area (Å²) in [6.45, 7) is 13.8. The molecule has 1 aliphatic rings. The predicted octanol–water partition coefficient (Wildman–Crippen LogP) is 2.75. The standard InChI is InChI=1S/C12H26O3Si/c1-9-7-10(11(13)15-9)8-14-16(5,6)12(2,3)4/h9-11,13H,7-8H2,1-6H3/t9-,10+,11?/m1/s1. The average molecular weight is 246 g/mol. The minimum Gasteiger partial charge on any atom is -0.416 e. The topological polar surface area (TPSA) is 38.7 Å². The quantitative estimate of drug-likeness (QED) is 0.778. The highest BCUT2D eigenvalue weighted by molar-refractivity contribution is 6.74. The van der Waals surface area contributed by atoms with Gasteiger partial charge in [-0.3, -0.25) is 0 Å². The first-order valence-corrected chi connectivity index (χ1v) is 9.02. The first-order valence-electron chi connectivity index (χ1n) is 6.11. The minimum absolute atomic E-state index is 0.143. The lowest BCUT2D eigenvalue weighted by Gasteiger charge is -2.37. The SMILES string of the molecule is C[C@@H]1C[C@@H](CO[Si](C)(C)C(C)(C)C)C(O)O1. The fourth-order valence-electron chi connectivity index (χ4n) is 1.63. The summed E-state index contributed by atoms with van der Waals surface area (Å²) in [4.78, 5) is 0. The monoisotopic (exact) mass is 246 g/mol. The molecule has 0 bridgehead atoms. The number of ether oxygens (including phenoxy) is 1. The molecule has 0 spiro atoms. The van der Waals surface area contributed by atoms with Crippen molar-refractivity contribution in [1.29, 1.82) is 0 Å². The molecule has 1 aliphatic heterocycles. The summed E-state index contributed by atoms with van der Waals surface area (Å²) >= 11 is 0. The molecule has 0 aromatic rings. The van der Waals surface area contributed by atoms with Crippen molar-refractivity contribution in [3.05, 3.63) is 0 Å². The van der Waals surface area contributed by atoms with Crippen molar-refractivity contribution in [3.63, 3.8) is 0 Å². The van der Waals surface area contributed by atoms with E-state index in [0.717, 1.165) is 6.42 Å². The molecule has 1 saturated heterocycles. The van der Waals surface area contributed by atoms with Gasteiger partial charge in [-0.2, -0.15) is 0 Å². The molecule has 0 aliphatic carbocycles. The Balaban J connectivity index is 2.46. The maximum Gasteiger partial charge on any atom is 0.191 e. The van der Waals surface area contributed by atoms with Crippen LogP contribution in [0.1, 0.15) is 34.1 Å². The summed E-state index contributed by atoms with van der Waals surface area (Å²) in [7, 11) is -1.69. The Morgan fingerprint density at radius 1 is 1.38 bits per heavy atom. The Kier molecular flexibility index (Phi) is 4.22. The Hall–Kier alpha value is 0.0969. The second-order valence-corrected chi connectivity index (χ2v) is 11.2. The van der Waals surface area contributed by atoms with E-state index in [0.29, 0.717) is 6.61 Å². The third-order valence-corrected chi connectivity index (χ3v) is 8.37. The highest BCUT2D eigenvalue weighted by atomic mass is 28.4. The van der Waals surface area contributed by atoms with Crippen LogP contribution in [0.5, 0.6) is 0 Å². The number of hydrogen-bond donors (Lipinski definition) is 1. The van der Waals surface area contributed by atoms with E-state index in [2.05, 4.69) is 33.9 Å². The number of aliphatic hydroxyl groups is 1. The molecule has 16 heavy (non-hydrogen) atoms. The fraction of sp³-hybridized carbons (Fsp3) is 1.00. The summed E-state index contributed by atoms with van der Waals surface area (Å²) in [5.41, 5.74) is 0. The Labute approximate surface area is 100 Å². The van der Waals surface area contributed by atoms with Gasteiger partial charge < -0.3 is 14.3 Å².